The van der Waals surface area contributed by atoms with Crippen molar-refractivity contribution in [3.05, 3.63) is 36.0 Å². The Morgan fingerprint density at radius 1 is 1.29 bits per heavy atom. The fourth-order valence-corrected chi connectivity index (χ4v) is 3.58. The quantitative estimate of drug-likeness (QED) is 0.926. The number of nitrogens with two attached hydrogens (primary N) is 1. The molecule has 1 saturated heterocycles. The van der Waals surface area contributed by atoms with Crippen LogP contribution in [-0.2, 0) is 6.54 Å². The zero-order valence-electron chi connectivity index (χ0n) is 12.9. The number of hydrogen-bond acceptors (Lipinski definition) is 3. The van der Waals surface area contributed by atoms with Gasteiger partial charge in [-0.15, -0.1) is 0 Å². The first-order valence-corrected chi connectivity index (χ1v) is 8.18. The van der Waals surface area contributed by atoms with E-state index >= 15 is 0 Å². The van der Waals surface area contributed by atoms with Crippen molar-refractivity contribution >= 4 is 16.6 Å². The number of pyridine rings is 1. The minimum Gasteiger partial charge on any atom is -0.368 e. The summed E-state index contributed by atoms with van der Waals surface area (Å²) < 4.78 is 0. The second-order valence-electron chi connectivity index (χ2n) is 5.98. The van der Waals surface area contributed by atoms with E-state index in [4.69, 9.17) is 5.73 Å². The molecule has 0 saturated carbocycles. The first-order chi connectivity index (χ1) is 10.3. The normalized spacial score (nSPS) is 19.1. The predicted octanol–water partition coefficient (Wildman–Crippen LogP) is 3.85. The van der Waals surface area contributed by atoms with Gasteiger partial charge in [-0.25, -0.2) is 0 Å². The minimum atomic E-state index is 0.558. The maximum atomic E-state index is 6.00. The van der Waals surface area contributed by atoms with Gasteiger partial charge in [-0.05, 0) is 31.7 Å². The Bertz CT molecular complexity index is 606. The molecular weight excluding hydrogens is 258 g/mol. The monoisotopic (exact) mass is 283 g/mol. The molecule has 1 atom stereocenters. The van der Waals surface area contributed by atoms with Gasteiger partial charge >= 0.3 is 0 Å². The van der Waals surface area contributed by atoms with Gasteiger partial charge in [0.1, 0.15) is 0 Å². The molecule has 2 heterocycles. The second kappa shape index (κ2) is 6.44. The first kappa shape index (κ1) is 14.3. The van der Waals surface area contributed by atoms with E-state index in [2.05, 4.69) is 41.1 Å². The van der Waals surface area contributed by atoms with E-state index in [0.29, 0.717) is 12.6 Å². The van der Waals surface area contributed by atoms with Gasteiger partial charge < -0.3 is 10.6 Å². The van der Waals surface area contributed by atoms with Gasteiger partial charge in [0.25, 0.3) is 0 Å². The van der Waals surface area contributed by atoms with Crippen LogP contribution in [0.3, 0.4) is 0 Å². The largest absolute Gasteiger partial charge is 0.368 e. The molecule has 1 aromatic heterocycles. The van der Waals surface area contributed by atoms with E-state index in [1.807, 2.05) is 6.20 Å². The Hall–Kier alpha value is -1.61. The lowest BCUT2D eigenvalue weighted by Gasteiger charge is -2.39. The lowest BCUT2D eigenvalue weighted by Crippen LogP contribution is -2.40. The van der Waals surface area contributed by atoms with Gasteiger partial charge in [0.05, 0.1) is 11.2 Å². The number of benzene rings is 1. The Morgan fingerprint density at radius 3 is 2.95 bits per heavy atom. The standard InChI is InChI=1S/C18H25N3/c1-2-7-15-8-5-6-11-21(15)18-14(12-19)13-20-17-10-4-3-9-16(17)18/h3-4,9-10,13,15H,2,5-8,11-12,19H2,1H3. The number of hydrogen-bond donors (Lipinski definition) is 1. The second-order valence-corrected chi connectivity index (χ2v) is 5.98. The lowest BCUT2D eigenvalue weighted by atomic mass is 9.95. The van der Waals surface area contributed by atoms with Crippen molar-refractivity contribution in [3.8, 4) is 0 Å². The van der Waals surface area contributed by atoms with Crippen molar-refractivity contribution in [3.63, 3.8) is 0 Å². The molecule has 0 bridgehead atoms. The van der Waals surface area contributed by atoms with Crippen LogP contribution in [0.15, 0.2) is 30.5 Å². The molecule has 1 fully saturated rings. The number of aromatic nitrogens is 1. The molecule has 3 heteroatoms. The molecule has 1 aliphatic rings. The highest BCUT2D eigenvalue weighted by atomic mass is 15.2. The number of fused-ring (bicyclic) bond motifs is 1. The smallest absolute Gasteiger partial charge is 0.0723 e. The van der Waals surface area contributed by atoms with Crippen LogP contribution in [0.25, 0.3) is 10.9 Å². The van der Waals surface area contributed by atoms with Crippen LogP contribution in [0.1, 0.15) is 44.6 Å². The molecule has 0 spiro atoms. The Balaban J connectivity index is 2.12. The van der Waals surface area contributed by atoms with Gasteiger partial charge in [-0.3, -0.25) is 4.98 Å². The van der Waals surface area contributed by atoms with Gasteiger partial charge in [0.15, 0.2) is 0 Å². The molecule has 3 nitrogen and oxygen atoms in total. The molecule has 2 aromatic rings. The summed E-state index contributed by atoms with van der Waals surface area (Å²) in [6.07, 6.45) is 8.40. The van der Waals surface area contributed by atoms with Crippen LogP contribution < -0.4 is 10.6 Å². The number of nitrogens with zero attached hydrogens (tertiary/aromatic N) is 2. The van der Waals surface area contributed by atoms with Crippen molar-refractivity contribution in [1.29, 1.82) is 0 Å². The van der Waals surface area contributed by atoms with Crippen LogP contribution in [-0.4, -0.2) is 17.6 Å². The highest BCUT2D eigenvalue weighted by molar-refractivity contribution is 5.93. The molecule has 0 radical (unpaired) electrons. The van der Waals surface area contributed by atoms with Crippen molar-refractivity contribution in [2.24, 2.45) is 5.73 Å². The summed E-state index contributed by atoms with van der Waals surface area (Å²) in [6.45, 7) is 3.98. The van der Waals surface area contributed by atoms with Crippen molar-refractivity contribution in [1.82, 2.24) is 4.98 Å². The summed E-state index contributed by atoms with van der Waals surface area (Å²) in [5.74, 6) is 0. The summed E-state index contributed by atoms with van der Waals surface area (Å²) >= 11 is 0. The SMILES string of the molecule is CCCC1CCCCN1c1c(CN)cnc2ccccc12. The lowest BCUT2D eigenvalue weighted by molar-refractivity contribution is 0.435. The number of rotatable bonds is 4. The summed E-state index contributed by atoms with van der Waals surface area (Å²) in [5, 5.41) is 1.25. The molecule has 1 aromatic carbocycles. The Labute approximate surface area is 127 Å². The zero-order valence-corrected chi connectivity index (χ0v) is 12.9. The fourth-order valence-electron chi connectivity index (χ4n) is 3.58. The third kappa shape index (κ3) is 2.75. The van der Waals surface area contributed by atoms with E-state index in [9.17, 15) is 0 Å². The highest BCUT2D eigenvalue weighted by Crippen LogP contribution is 2.35. The molecular formula is C18H25N3. The number of anilines is 1. The van der Waals surface area contributed by atoms with E-state index in [1.165, 1.54) is 48.7 Å². The molecule has 112 valence electrons. The van der Waals surface area contributed by atoms with E-state index in [-0.39, 0.29) is 0 Å². The van der Waals surface area contributed by atoms with Crippen molar-refractivity contribution in [2.75, 3.05) is 11.4 Å². The van der Waals surface area contributed by atoms with Crippen LogP contribution in [0.5, 0.6) is 0 Å². The summed E-state index contributed by atoms with van der Waals surface area (Å²) in [4.78, 5) is 7.18. The maximum Gasteiger partial charge on any atom is 0.0723 e. The first-order valence-electron chi connectivity index (χ1n) is 8.18. The minimum absolute atomic E-state index is 0.558. The maximum absolute atomic E-state index is 6.00. The molecule has 0 amide bonds. The average molecular weight is 283 g/mol. The zero-order chi connectivity index (χ0) is 14.7. The average Bonchev–Trinajstić information content (AvgIpc) is 2.55. The molecule has 3 rings (SSSR count). The third-order valence-corrected chi connectivity index (χ3v) is 4.58. The third-order valence-electron chi connectivity index (χ3n) is 4.58. The molecule has 1 aliphatic heterocycles. The topological polar surface area (TPSA) is 42.1 Å². The van der Waals surface area contributed by atoms with Crippen molar-refractivity contribution < 1.29 is 0 Å². The summed E-state index contributed by atoms with van der Waals surface area (Å²) in [5.41, 5.74) is 9.59. The van der Waals surface area contributed by atoms with Crippen LogP contribution >= 0.6 is 0 Å². The molecule has 1 unspecified atom stereocenters. The molecule has 0 aliphatic carbocycles. The Morgan fingerprint density at radius 2 is 2.14 bits per heavy atom. The van der Waals surface area contributed by atoms with Crippen LogP contribution in [0, 0.1) is 0 Å². The van der Waals surface area contributed by atoms with Gasteiger partial charge in [-0.2, -0.15) is 0 Å². The molecule has 2 N–H and O–H groups in total. The van der Waals surface area contributed by atoms with E-state index in [0.717, 1.165) is 12.1 Å². The van der Waals surface area contributed by atoms with Gasteiger partial charge in [-0.1, -0.05) is 31.5 Å². The highest BCUT2D eigenvalue weighted by Gasteiger charge is 2.25. The molecule has 21 heavy (non-hydrogen) atoms. The number of piperidine rings is 1. The van der Waals surface area contributed by atoms with Crippen LogP contribution in [0.4, 0.5) is 5.69 Å². The summed E-state index contributed by atoms with van der Waals surface area (Å²) in [7, 11) is 0. The van der Waals surface area contributed by atoms with E-state index < -0.39 is 0 Å². The van der Waals surface area contributed by atoms with Crippen LogP contribution in [0.2, 0.25) is 0 Å². The number of para-hydroxylation sites is 1. The fraction of sp³-hybridized carbons (Fsp3) is 0.500. The van der Waals surface area contributed by atoms with E-state index in [1.54, 1.807) is 0 Å². The summed E-state index contributed by atoms with van der Waals surface area (Å²) in [6, 6.07) is 9.10. The van der Waals surface area contributed by atoms with Gasteiger partial charge in [0, 0.05) is 36.3 Å². The van der Waals surface area contributed by atoms with Crippen molar-refractivity contribution in [2.45, 2.75) is 51.6 Å². The Kier molecular flexibility index (Phi) is 4.39. The van der Waals surface area contributed by atoms with Gasteiger partial charge in [0.2, 0.25) is 0 Å². The predicted molar refractivity (Wildman–Crippen MR) is 89.5 cm³/mol.